The molecule has 3 atom stereocenters. The van der Waals surface area contributed by atoms with Crippen molar-refractivity contribution < 1.29 is 38.7 Å². The third-order valence-corrected chi connectivity index (χ3v) is 2.53. The zero-order valence-corrected chi connectivity index (χ0v) is 10.1. The predicted molar refractivity (Wildman–Crippen MR) is 55.2 cm³/mol. The molecule has 2 N–H and O–H groups in total. The molecule has 0 aromatic rings. The van der Waals surface area contributed by atoms with E-state index in [0.29, 0.717) is 0 Å². The first-order valence-corrected chi connectivity index (χ1v) is 5.26. The van der Waals surface area contributed by atoms with Gasteiger partial charge in [-0.3, -0.25) is 9.59 Å². The molecule has 1 fully saturated rings. The lowest BCUT2D eigenvalue weighted by Gasteiger charge is -2.34. The number of aliphatic hydroxyl groups is 2. The first-order chi connectivity index (χ1) is 8.54. The lowest BCUT2D eigenvalue weighted by molar-refractivity contribution is -0.275. The van der Waals surface area contributed by atoms with Gasteiger partial charge in [0.05, 0.1) is 27.4 Å². The average Bonchev–Trinajstić information content (AvgIpc) is 2.40. The van der Waals surface area contributed by atoms with Crippen molar-refractivity contribution in [3.63, 3.8) is 0 Å². The molecule has 18 heavy (non-hydrogen) atoms. The smallest absolute Gasteiger partial charge is 0.325 e. The van der Waals surface area contributed by atoms with Gasteiger partial charge in [-0.1, -0.05) is 0 Å². The maximum Gasteiger partial charge on any atom is 0.325 e. The quantitative estimate of drug-likeness (QED) is 0.445. The van der Waals surface area contributed by atoms with Crippen molar-refractivity contribution in [2.75, 3.05) is 27.4 Å². The molecule has 0 aliphatic carbocycles. The molecule has 1 unspecified atom stereocenters. The first-order valence-electron chi connectivity index (χ1n) is 5.26. The second-order valence-electron chi connectivity index (χ2n) is 3.65. The number of carbonyl (C=O) groups excluding carboxylic acids is 2. The Labute approximate surface area is 103 Å². The number of methoxy groups -OCH3 is 2. The van der Waals surface area contributed by atoms with Crippen LogP contribution in [0.25, 0.3) is 0 Å². The van der Waals surface area contributed by atoms with Gasteiger partial charge in [0.25, 0.3) is 0 Å². The Balaban J connectivity index is 2.80. The molecule has 1 aliphatic rings. The van der Waals surface area contributed by atoms with Gasteiger partial charge in [0.1, 0.15) is 12.2 Å². The number of ether oxygens (including phenoxy) is 4. The molecule has 1 saturated heterocycles. The summed E-state index contributed by atoms with van der Waals surface area (Å²) in [5.41, 5.74) is 0. The lowest BCUT2D eigenvalue weighted by atomic mass is 10.1. The van der Waals surface area contributed by atoms with E-state index in [1.165, 1.54) is 0 Å². The van der Waals surface area contributed by atoms with E-state index in [1.54, 1.807) is 0 Å². The monoisotopic (exact) mass is 264 g/mol. The van der Waals surface area contributed by atoms with Crippen LogP contribution in [0.5, 0.6) is 0 Å². The molecule has 0 amide bonds. The maximum absolute atomic E-state index is 11.5. The van der Waals surface area contributed by atoms with E-state index in [-0.39, 0.29) is 6.61 Å². The number of hydrogen-bond donors (Lipinski definition) is 2. The van der Waals surface area contributed by atoms with Crippen molar-refractivity contribution in [2.45, 2.75) is 18.5 Å². The largest absolute Gasteiger partial charge is 0.468 e. The highest BCUT2D eigenvalue weighted by molar-refractivity contribution is 5.95. The molecule has 0 aromatic carbocycles. The number of aliphatic hydroxyl groups excluding tert-OH is 2. The summed E-state index contributed by atoms with van der Waals surface area (Å²) in [5, 5.41) is 18.4. The van der Waals surface area contributed by atoms with Gasteiger partial charge < -0.3 is 29.2 Å². The molecule has 0 bridgehead atoms. The molecular formula is C10H16O8. The fourth-order valence-corrected chi connectivity index (χ4v) is 1.51. The van der Waals surface area contributed by atoms with Crippen molar-refractivity contribution in [3.8, 4) is 0 Å². The van der Waals surface area contributed by atoms with Crippen LogP contribution in [0.1, 0.15) is 0 Å². The highest BCUT2D eigenvalue weighted by Gasteiger charge is 2.43. The van der Waals surface area contributed by atoms with Crippen LogP contribution in [-0.4, -0.2) is 68.1 Å². The van der Waals surface area contributed by atoms with Crippen LogP contribution in [0.4, 0.5) is 0 Å². The molecule has 1 heterocycles. The van der Waals surface area contributed by atoms with Crippen LogP contribution in [0.2, 0.25) is 0 Å². The summed E-state index contributed by atoms with van der Waals surface area (Å²) in [4.78, 5) is 23.0. The summed E-state index contributed by atoms with van der Waals surface area (Å²) in [6.07, 6.45) is -3.21. The summed E-state index contributed by atoms with van der Waals surface area (Å²) < 4.78 is 19.1. The Morgan fingerprint density at radius 3 is 2.33 bits per heavy atom. The minimum atomic E-state index is -1.42. The standard InChI is InChI=1S/C10H16O8/c1-15-8(13)7(9(14)16-2)10-17-4-5(12)6(3-11)18-10/h5-7,10-12H,3-4H2,1-2H3/t5-,6+,10?/m0/s1. The summed E-state index contributed by atoms with van der Waals surface area (Å²) in [6.45, 7) is -0.628. The second kappa shape index (κ2) is 6.64. The van der Waals surface area contributed by atoms with E-state index in [4.69, 9.17) is 14.6 Å². The van der Waals surface area contributed by atoms with Gasteiger partial charge in [0.15, 0.2) is 6.29 Å². The van der Waals surface area contributed by atoms with E-state index in [2.05, 4.69) is 9.47 Å². The van der Waals surface area contributed by atoms with E-state index in [1.807, 2.05) is 0 Å². The normalized spacial score (nSPS) is 27.9. The van der Waals surface area contributed by atoms with Gasteiger partial charge in [0, 0.05) is 0 Å². The Morgan fingerprint density at radius 2 is 1.89 bits per heavy atom. The minimum absolute atomic E-state index is 0.166. The van der Waals surface area contributed by atoms with Crippen molar-refractivity contribution in [1.29, 1.82) is 0 Å². The Bertz CT molecular complexity index is 288. The van der Waals surface area contributed by atoms with Crippen LogP contribution >= 0.6 is 0 Å². The fourth-order valence-electron chi connectivity index (χ4n) is 1.51. The third-order valence-electron chi connectivity index (χ3n) is 2.53. The molecule has 0 spiro atoms. The molecule has 8 nitrogen and oxygen atoms in total. The number of carbonyl (C=O) groups is 2. The zero-order chi connectivity index (χ0) is 13.7. The molecule has 1 aliphatic heterocycles. The molecule has 104 valence electrons. The van der Waals surface area contributed by atoms with Crippen molar-refractivity contribution in [1.82, 2.24) is 0 Å². The molecule has 0 saturated carbocycles. The number of esters is 2. The van der Waals surface area contributed by atoms with Crippen LogP contribution in [0.15, 0.2) is 0 Å². The van der Waals surface area contributed by atoms with Crippen molar-refractivity contribution in [2.24, 2.45) is 5.92 Å². The highest BCUT2D eigenvalue weighted by atomic mass is 16.7. The third kappa shape index (κ3) is 3.16. The van der Waals surface area contributed by atoms with Gasteiger partial charge in [-0.05, 0) is 0 Å². The molecule has 0 radical (unpaired) electrons. The van der Waals surface area contributed by atoms with Crippen LogP contribution < -0.4 is 0 Å². The maximum atomic E-state index is 11.5. The number of hydrogen-bond acceptors (Lipinski definition) is 8. The Kier molecular flexibility index (Phi) is 5.48. The summed E-state index contributed by atoms with van der Waals surface area (Å²) in [5.74, 6) is -3.17. The average molecular weight is 264 g/mol. The van der Waals surface area contributed by atoms with Gasteiger partial charge in [0.2, 0.25) is 5.92 Å². The highest BCUT2D eigenvalue weighted by Crippen LogP contribution is 2.21. The van der Waals surface area contributed by atoms with Gasteiger partial charge in [-0.2, -0.15) is 0 Å². The van der Waals surface area contributed by atoms with Gasteiger partial charge in [-0.15, -0.1) is 0 Å². The Morgan fingerprint density at radius 1 is 1.33 bits per heavy atom. The summed E-state index contributed by atoms with van der Waals surface area (Å²) >= 11 is 0. The summed E-state index contributed by atoms with van der Waals surface area (Å²) in [6, 6.07) is 0. The van der Waals surface area contributed by atoms with Crippen molar-refractivity contribution >= 4 is 11.9 Å². The topological polar surface area (TPSA) is 112 Å². The van der Waals surface area contributed by atoms with Crippen LogP contribution in [0.3, 0.4) is 0 Å². The summed E-state index contributed by atoms with van der Waals surface area (Å²) in [7, 11) is 2.22. The Hall–Kier alpha value is -1.22. The zero-order valence-electron chi connectivity index (χ0n) is 10.1. The van der Waals surface area contributed by atoms with Gasteiger partial charge in [-0.25, -0.2) is 0 Å². The first kappa shape index (κ1) is 14.8. The second-order valence-corrected chi connectivity index (χ2v) is 3.65. The predicted octanol–water partition coefficient (Wildman–Crippen LogP) is -1.96. The minimum Gasteiger partial charge on any atom is -0.468 e. The molecule has 1 rings (SSSR count). The van der Waals surface area contributed by atoms with E-state index < -0.39 is 43.0 Å². The van der Waals surface area contributed by atoms with E-state index in [9.17, 15) is 14.7 Å². The molecule has 0 aromatic heterocycles. The molecular weight excluding hydrogens is 248 g/mol. The fraction of sp³-hybridized carbons (Fsp3) is 0.800. The lowest BCUT2D eigenvalue weighted by Crippen LogP contribution is -2.51. The van der Waals surface area contributed by atoms with Gasteiger partial charge >= 0.3 is 11.9 Å². The molecule has 8 heteroatoms. The van der Waals surface area contributed by atoms with E-state index in [0.717, 1.165) is 14.2 Å². The SMILES string of the molecule is COC(=O)C(C(=O)OC)C1OC[C@H](O)[C@@H](CO)O1. The van der Waals surface area contributed by atoms with Crippen LogP contribution in [-0.2, 0) is 28.5 Å². The number of rotatable bonds is 4. The van der Waals surface area contributed by atoms with E-state index >= 15 is 0 Å². The van der Waals surface area contributed by atoms with Crippen molar-refractivity contribution in [3.05, 3.63) is 0 Å². The van der Waals surface area contributed by atoms with Crippen LogP contribution in [0, 0.1) is 5.92 Å².